The molecule has 0 saturated carbocycles. The van der Waals surface area contributed by atoms with Gasteiger partial charge in [-0.25, -0.2) is 9.78 Å². The Labute approximate surface area is 246 Å². The highest BCUT2D eigenvalue weighted by Gasteiger charge is 2.48. The maximum Gasteiger partial charge on any atom is 0.350 e. The first-order valence-electron chi connectivity index (χ1n) is 13.2. The lowest BCUT2D eigenvalue weighted by Crippen LogP contribution is -2.29. The molecule has 0 aliphatic carbocycles. The van der Waals surface area contributed by atoms with Crippen molar-refractivity contribution in [1.82, 2.24) is 4.98 Å². The summed E-state index contributed by atoms with van der Waals surface area (Å²) in [7, 11) is 0. The van der Waals surface area contributed by atoms with Crippen LogP contribution in [0.1, 0.15) is 50.6 Å². The third kappa shape index (κ3) is 5.61. The molecule has 5 rings (SSSR count). The average Bonchev–Trinajstić information content (AvgIpc) is 3.48. The van der Waals surface area contributed by atoms with E-state index in [0.717, 1.165) is 22.5 Å². The summed E-state index contributed by atoms with van der Waals surface area (Å²) in [5, 5.41) is 21.4. The van der Waals surface area contributed by atoms with Gasteiger partial charge in [-0.15, -0.1) is 0 Å². The molecule has 0 bridgehead atoms. The Morgan fingerprint density at radius 1 is 1.02 bits per heavy atom. The molecule has 1 saturated heterocycles. The van der Waals surface area contributed by atoms with Gasteiger partial charge in [-0.1, -0.05) is 53.3 Å². The second-order valence-electron chi connectivity index (χ2n) is 9.69. The fourth-order valence-electron chi connectivity index (χ4n) is 4.71. The van der Waals surface area contributed by atoms with Gasteiger partial charge in [-0.05, 0) is 68.3 Å². The van der Waals surface area contributed by atoms with Crippen molar-refractivity contribution in [2.45, 2.75) is 33.4 Å². The standard InChI is InChI=1S/C32H28N2O7S/c1-4-40-31(39)29-19(3)33-32(42-29)34-26(21-8-12-23(35)13-9-21)25(28(37)30(34)38)27(36)22-10-14-24(15-11-22)41-17-20-7-5-6-18(2)16-20/h5-16,26,35-36H,4,17H2,1-3H3/b27-25+. The molecule has 1 unspecified atom stereocenters. The van der Waals surface area contributed by atoms with Crippen LogP contribution in [0.3, 0.4) is 0 Å². The zero-order valence-corrected chi connectivity index (χ0v) is 24.0. The number of phenolic OH excluding ortho intramolecular Hbond substituents is 1. The maximum absolute atomic E-state index is 13.4. The minimum Gasteiger partial charge on any atom is -0.508 e. The molecule has 0 spiro atoms. The van der Waals surface area contributed by atoms with Crippen molar-refractivity contribution >= 4 is 39.9 Å². The summed E-state index contributed by atoms with van der Waals surface area (Å²) in [6.45, 7) is 5.83. The van der Waals surface area contributed by atoms with Crippen LogP contribution in [0.15, 0.2) is 78.4 Å². The minimum absolute atomic E-state index is 0.00774. The smallest absolute Gasteiger partial charge is 0.350 e. The summed E-state index contributed by atoms with van der Waals surface area (Å²) < 4.78 is 11.0. The van der Waals surface area contributed by atoms with Crippen molar-refractivity contribution in [3.63, 3.8) is 0 Å². The van der Waals surface area contributed by atoms with Gasteiger partial charge in [0.2, 0.25) is 0 Å². The molecule has 1 atom stereocenters. The third-order valence-corrected chi connectivity index (χ3v) is 7.86. The van der Waals surface area contributed by atoms with Gasteiger partial charge < -0.3 is 19.7 Å². The van der Waals surface area contributed by atoms with Crippen LogP contribution in [-0.4, -0.2) is 39.5 Å². The first-order valence-corrected chi connectivity index (χ1v) is 14.0. The first-order chi connectivity index (χ1) is 20.2. The van der Waals surface area contributed by atoms with Gasteiger partial charge in [0.1, 0.15) is 28.7 Å². The van der Waals surface area contributed by atoms with Crippen LogP contribution in [0.25, 0.3) is 5.76 Å². The number of hydrogen-bond donors (Lipinski definition) is 2. The Bertz CT molecular complexity index is 1690. The largest absolute Gasteiger partial charge is 0.508 e. The number of carbonyl (C=O) groups is 3. The van der Waals surface area contributed by atoms with E-state index >= 15 is 0 Å². The van der Waals surface area contributed by atoms with E-state index in [4.69, 9.17) is 9.47 Å². The van der Waals surface area contributed by atoms with Crippen LogP contribution in [0.4, 0.5) is 5.13 Å². The summed E-state index contributed by atoms with van der Waals surface area (Å²) in [5.74, 6) is -2.22. The molecule has 42 heavy (non-hydrogen) atoms. The molecule has 0 radical (unpaired) electrons. The summed E-state index contributed by atoms with van der Waals surface area (Å²) >= 11 is 0.925. The predicted octanol–water partition coefficient (Wildman–Crippen LogP) is 5.85. The number of aliphatic hydroxyl groups excluding tert-OH is 1. The molecule has 9 nitrogen and oxygen atoms in total. The Kier molecular flexibility index (Phi) is 8.08. The van der Waals surface area contributed by atoms with Gasteiger partial charge in [0.05, 0.1) is 23.9 Å². The molecular formula is C32H28N2O7S. The number of esters is 1. The fraction of sp³-hybridized carbons (Fsp3) is 0.188. The van der Waals surface area contributed by atoms with E-state index < -0.39 is 23.7 Å². The highest BCUT2D eigenvalue weighted by atomic mass is 32.1. The summed E-state index contributed by atoms with van der Waals surface area (Å²) in [6.07, 6.45) is 0. The summed E-state index contributed by atoms with van der Waals surface area (Å²) in [4.78, 5) is 45.1. The van der Waals surface area contributed by atoms with Crippen molar-refractivity contribution < 1.29 is 34.1 Å². The van der Waals surface area contributed by atoms with Gasteiger partial charge in [0.25, 0.3) is 5.78 Å². The number of aromatic hydroxyl groups is 1. The lowest BCUT2D eigenvalue weighted by molar-refractivity contribution is -0.132. The van der Waals surface area contributed by atoms with Crippen LogP contribution >= 0.6 is 11.3 Å². The molecule has 2 N–H and O–H groups in total. The van der Waals surface area contributed by atoms with E-state index in [0.29, 0.717) is 29.2 Å². The molecule has 1 aliphatic heterocycles. The second-order valence-corrected chi connectivity index (χ2v) is 10.7. The Morgan fingerprint density at radius 2 is 1.74 bits per heavy atom. The number of aliphatic hydroxyl groups is 1. The van der Waals surface area contributed by atoms with E-state index in [9.17, 15) is 24.6 Å². The first kappa shape index (κ1) is 28.6. The monoisotopic (exact) mass is 584 g/mol. The average molecular weight is 585 g/mol. The van der Waals surface area contributed by atoms with E-state index in [1.165, 1.54) is 17.0 Å². The molecule has 1 aliphatic rings. The zero-order valence-electron chi connectivity index (χ0n) is 23.2. The van der Waals surface area contributed by atoms with E-state index in [2.05, 4.69) is 4.98 Å². The number of thiazole rings is 1. The third-order valence-electron chi connectivity index (χ3n) is 6.72. The number of aryl methyl sites for hydroxylation is 2. The molecule has 2 heterocycles. The van der Waals surface area contributed by atoms with E-state index in [1.54, 1.807) is 50.2 Å². The predicted molar refractivity (Wildman–Crippen MR) is 158 cm³/mol. The van der Waals surface area contributed by atoms with Gasteiger partial charge in [0.15, 0.2) is 5.13 Å². The molecule has 10 heteroatoms. The zero-order chi connectivity index (χ0) is 30.0. The molecule has 3 aromatic carbocycles. The number of carbonyl (C=O) groups excluding carboxylic acids is 3. The Balaban J connectivity index is 1.52. The number of benzene rings is 3. The quantitative estimate of drug-likeness (QED) is 0.114. The van der Waals surface area contributed by atoms with Crippen molar-refractivity contribution in [3.8, 4) is 11.5 Å². The normalized spacial score (nSPS) is 16.1. The lowest BCUT2D eigenvalue weighted by Gasteiger charge is -2.23. The lowest BCUT2D eigenvalue weighted by atomic mass is 9.95. The van der Waals surface area contributed by atoms with Crippen LogP contribution in [-0.2, 0) is 20.9 Å². The Morgan fingerprint density at radius 3 is 2.40 bits per heavy atom. The maximum atomic E-state index is 13.4. The van der Waals surface area contributed by atoms with Crippen LogP contribution in [0.5, 0.6) is 11.5 Å². The number of nitrogens with zero attached hydrogens (tertiary/aromatic N) is 2. The highest BCUT2D eigenvalue weighted by molar-refractivity contribution is 7.17. The second kappa shape index (κ2) is 11.9. The number of Topliss-reactive ketones (excluding diaryl/α,β-unsaturated/α-hetero) is 1. The number of amides is 1. The number of hydrogen-bond acceptors (Lipinski definition) is 9. The van der Waals surface area contributed by atoms with Gasteiger partial charge >= 0.3 is 11.9 Å². The number of phenols is 1. The number of ketones is 1. The Hall–Kier alpha value is -4.96. The van der Waals surface area contributed by atoms with E-state index in [-0.39, 0.29) is 33.7 Å². The number of anilines is 1. The van der Waals surface area contributed by atoms with Gasteiger partial charge in [-0.2, -0.15) is 0 Å². The van der Waals surface area contributed by atoms with Crippen molar-refractivity contribution in [3.05, 3.63) is 111 Å². The summed E-state index contributed by atoms with van der Waals surface area (Å²) in [5.41, 5.74) is 3.10. The van der Waals surface area contributed by atoms with Crippen molar-refractivity contribution in [2.24, 2.45) is 0 Å². The molecular weight excluding hydrogens is 556 g/mol. The number of ether oxygens (including phenoxy) is 2. The van der Waals surface area contributed by atoms with E-state index in [1.807, 2.05) is 31.2 Å². The SMILES string of the molecule is CCOC(=O)c1sc(N2C(=O)C(=O)/C(=C(/O)c3ccc(OCc4cccc(C)c4)cc3)C2c2ccc(O)cc2)nc1C. The van der Waals surface area contributed by atoms with Crippen LogP contribution in [0.2, 0.25) is 0 Å². The van der Waals surface area contributed by atoms with Crippen LogP contribution < -0.4 is 9.64 Å². The van der Waals surface area contributed by atoms with Crippen molar-refractivity contribution in [2.75, 3.05) is 11.5 Å². The summed E-state index contributed by atoms with van der Waals surface area (Å²) in [6, 6.07) is 19.4. The molecule has 214 valence electrons. The minimum atomic E-state index is -1.07. The fourth-order valence-corrected chi connectivity index (χ4v) is 5.69. The molecule has 1 amide bonds. The number of rotatable bonds is 8. The highest BCUT2D eigenvalue weighted by Crippen LogP contribution is 2.44. The molecule has 1 fully saturated rings. The number of aromatic nitrogens is 1. The van der Waals surface area contributed by atoms with Crippen LogP contribution in [0, 0.1) is 13.8 Å². The topological polar surface area (TPSA) is 126 Å². The molecule has 1 aromatic heterocycles. The van der Waals surface area contributed by atoms with Gasteiger partial charge in [0, 0.05) is 5.56 Å². The van der Waals surface area contributed by atoms with Gasteiger partial charge in [-0.3, -0.25) is 14.5 Å². The molecule has 4 aromatic rings. The van der Waals surface area contributed by atoms with Crippen molar-refractivity contribution in [1.29, 1.82) is 0 Å².